The third-order valence-electron chi connectivity index (χ3n) is 2.44. The standard InChI is InChI=1S/C13H15NO3S/c1-2-16-13(15)17-12-8-10-7-9(5-6-14)3-4-11(10)18-12/h3-4,7-8H,2,5-6,14H2,1H3. The Labute approximate surface area is 109 Å². The fraction of sp³-hybridized carbons (Fsp3) is 0.308. The molecule has 0 aliphatic rings. The Morgan fingerprint density at radius 3 is 2.94 bits per heavy atom. The third-order valence-corrected chi connectivity index (χ3v) is 3.43. The first-order valence-electron chi connectivity index (χ1n) is 5.80. The van der Waals surface area contributed by atoms with Gasteiger partial charge in [-0.05, 0) is 36.9 Å². The minimum atomic E-state index is -0.661. The summed E-state index contributed by atoms with van der Waals surface area (Å²) >= 11 is 1.42. The molecule has 1 heterocycles. The highest BCUT2D eigenvalue weighted by Gasteiger charge is 2.09. The smallest absolute Gasteiger partial charge is 0.434 e. The van der Waals surface area contributed by atoms with Crippen LogP contribution >= 0.6 is 11.3 Å². The van der Waals surface area contributed by atoms with Crippen LogP contribution in [0.3, 0.4) is 0 Å². The van der Waals surface area contributed by atoms with E-state index in [-0.39, 0.29) is 0 Å². The van der Waals surface area contributed by atoms with E-state index in [0.29, 0.717) is 18.2 Å². The molecule has 0 amide bonds. The van der Waals surface area contributed by atoms with Crippen molar-refractivity contribution in [2.45, 2.75) is 13.3 Å². The summed E-state index contributed by atoms with van der Waals surface area (Å²) < 4.78 is 10.9. The Morgan fingerprint density at radius 1 is 1.39 bits per heavy atom. The zero-order valence-corrected chi connectivity index (χ0v) is 11.0. The van der Waals surface area contributed by atoms with Crippen molar-refractivity contribution in [1.29, 1.82) is 0 Å². The number of nitrogens with two attached hydrogens (primary N) is 1. The van der Waals surface area contributed by atoms with Gasteiger partial charge in [-0.25, -0.2) is 4.79 Å². The van der Waals surface area contributed by atoms with E-state index in [0.717, 1.165) is 16.5 Å². The van der Waals surface area contributed by atoms with E-state index in [9.17, 15) is 4.79 Å². The minimum Gasteiger partial charge on any atom is -0.434 e. The van der Waals surface area contributed by atoms with Gasteiger partial charge in [-0.15, -0.1) is 0 Å². The minimum absolute atomic E-state index is 0.310. The lowest BCUT2D eigenvalue weighted by Crippen LogP contribution is -2.08. The van der Waals surface area contributed by atoms with Crippen molar-refractivity contribution in [3.63, 3.8) is 0 Å². The molecular formula is C13H15NO3S. The number of hydrogen-bond acceptors (Lipinski definition) is 5. The molecule has 5 heteroatoms. The van der Waals surface area contributed by atoms with Gasteiger partial charge in [0.1, 0.15) is 0 Å². The zero-order valence-electron chi connectivity index (χ0n) is 10.1. The summed E-state index contributed by atoms with van der Waals surface area (Å²) in [6.45, 7) is 2.68. The first kappa shape index (κ1) is 12.9. The molecule has 0 unspecified atom stereocenters. The molecule has 0 fully saturated rings. The molecule has 0 saturated heterocycles. The van der Waals surface area contributed by atoms with Crippen molar-refractivity contribution in [3.8, 4) is 5.06 Å². The number of ether oxygens (including phenoxy) is 2. The average Bonchev–Trinajstić information content (AvgIpc) is 2.71. The van der Waals surface area contributed by atoms with Crippen molar-refractivity contribution in [2.75, 3.05) is 13.2 Å². The summed E-state index contributed by atoms with van der Waals surface area (Å²) in [6, 6.07) is 7.97. The Bertz CT molecular complexity index is 550. The first-order valence-corrected chi connectivity index (χ1v) is 6.61. The fourth-order valence-corrected chi connectivity index (χ4v) is 2.55. The number of carbonyl (C=O) groups is 1. The molecule has 96 valence electrons. The molecule has 0 bridgehead atoms. The summed E-state index contributed by atoms with van der Waals surface area (Å²) in [6.07, 6.45) is 0.186. The maximum absolute atomic E-state index is 11.2. The van der Waals surface area contributed by atoms with Gasteiger partial charge in [0, 0.05) is 10.8 Å². The van der Waals surface area contributed by atoms with Crippen LogP contribution in [0.5, 0.6) is 5.06 Å². The van der Waals surface area contributed by atoms with E-state index in [1.807, 2.05) is 18.2 Å². The Balaban J connectivity index is 2.19. The third kappa shape index (κ3) is 3.00. The van der Waals surface area contributed by atoms with E-state index in [1.165, 1.54) is 16.9 Å². The van der Waals surface area contributed by atoms with Crippen LogP contribution < -0.4 is 10.5 Å². The van der Waals surface area contributed by atoms with Crippen LogP contribution in [0.15, 0.2) is 24.3 Å². The number of thiophene rings is 1. The lowest BCUT2D eigenvalue weighted by molar-refractivity contribution is 0.105. The highest BCUT2D eigenvalue weighted by molar-refractivity contribution is 7.20. The van der Waals surface area contributed by atoms with Gasteiger partial charge in [0.05, 0.1) is 6.61 Å². The molecule has 0 aliphatic heterocycles. The maximum Gasteiger partial charge on any atom is 0.514 e. The molecule has 0 aliphatic carbocycles. The van der Waals surface area contributed by atoms with Gasteiger partial charge >= 0.3 is 6.16 Å². The fourth-order valence-electron chi connectivity index (χ4n) is 1.67. The Morgan fingerprint density at radius 2 is 2.22 bits per heavy atom. The summed E-state index contributed by atoms with van der Waals surface area (Å²) in [4.78, 5) is 11.2. The predicted octanol–water partition coefficient (Wildman–Crippen LogP) is 2.94. The number of fused-ring (bicyclic) bond motifs is 1. The van der Waals surface area contributed by atoms with Gasteiger partial charge in [0.15, 0.2) is 5.06 Å². The molecule has 2 aromatic rings. The van der Waals surface area contributed by atoms with Gasteiger partial charge in [0.25, 0.3) is 0 Å². The molecule has 0 atom stereocenters. The normalized spacial score (nSPS) is 10.6. The monoisotopic (exact) mass is 265 g/mol. The van der Waals surface area contributed by atoms with Gasteiger partial charge in [-0.1, -0.05) is 23.5 Å². The van der Waals surface area contributed by atoms with Crippen molar-refractivity contribution >= 4 is 27.6 Å². The second-order valence-electron chi connectivity index (χ2n) is 3.76. The molecular weight excluding hydrogens is 250 g/mol. The van der Waals surface area contributed by atoms with Crippen molar-refractivity contribution < 1.29 is 14.3 Å². The lowest BCUT2D eigenvalue weighted by atomic mass is 10.1. The molecule has 4 nitrogen and oxygen atoms in total. The van der Waals surface area contributed by atoms with Crippen molar-refractivity contribution in [2.24, 2.45) is 5.73 Å². The highest BCUT2D eigenvalue weighted by Crippen LogP contribution is 2.32. The summed E-state index contributed by atoms with van der Waals surface area (Å²) in [5.74, 6) is 0. The van der Waals surface area contributed by atoms with Crippen LogP contribution in [0, 0.1) is 0 Å². The van der Waals surface area contributed by atoms with E-state index >= 15 is 0 Å². The van der Waals surface area contributed by atoms with Gasteiger partial charge in [0.2, 0.25) is 0 Å². The summed E-state index contributed by atoms with van der Waals surface area (Å²) in [7, 11) is 0. The Kier molecular flexibility index (Phi) is 4.17. The van der Waals surface area contributed by atoms with E-state index in [2.05, 4.69) is 6.07 Å². The quantitative estimate of drug-likeness (QED) is 0.863. The first-order chi connectivity index (χ1) is 8.72. The zero-order chi connectivity index (χ0) is 13.0. The van der Waals surface area contributed by atoms with Gasteiger partial charge < -0.3 is 15.2 Å². The molecule has 1 aromatic carbocycles. The molecule has 2 N–H and O–H groups in total. The van der Waals surface area contributed by atoms with Crippen LogP contribution in [0.25, 0.3) is 10.1 Å². The van der Waals surface area contributed by atoms with Gasteiger partial charge in [-0.2, -0.15) is 0 Å². The number of rotatable bonds is 4. The van der Waals surface area contributed by atoms with E-state index in [4.69, 9.17) is 15.2 Å². The van der Waals surface area contributed by atoms with Crippen LogP contribution in [0.1, 0.15) is 12.5 Å². The summed E-state index contributed by atoms with van der Waals surface area (Å²) in [5, 5.41) is 1.61. The molecule has 0 spiro atoms. The SMILES string of the molecule is CCOC(=O)Oc1cc2cc(CCN)ccc2s1. The molecule has 1 aromatic heterocycles. The maximum atomic E-state index is 11.2. The van der Waals surface area contributed by atoms with E-state index < -0.39 is 6.16 Å². The second-order valence-corrected chi connectivity index (χ2v) is 4.81. The predicted molar refractivity (Wildman–Crippen MR) is 72.2 cm³/mol. The number of carbonyl (C=O) groups excluding carboxylic acids is 1. The highest BCUT2D eigenvalue weighted by atomic mass is 32.1. The van der Waals surface area contributed by atoms with Crippen LogP contribution in [0.4, 0.5) is 4.79 Å². The number of hydrogen-bond donors (Lipinski definition) is 1. The topological polar surface area (TPSA) is 61.5 Å². The van der Waals surface area contributed by atoms with Gasteiger partial charge in [-0.3, -0.25) is 0 Å². The van der Waals surface area contributed by atoms with E-state index in [1.54, 1.807) is 6.92 Å². The lowest BCUT2D eigenvalue weighted by Gasteiger charge is -1.99. The molecule has 0 saturated carbocycles. The van der Waals surface area contributed by atoms with Crippen molar-refractivity contribution in [3.05, 3.63) is 29.8 Å². The second kappa shape index (κ2) is 5.84. The summed E-state index contributed by atoms with van der Waals surface area (Å²) in [5.41, 5.74) is 6.71. The average molecular weight is 265 g/mol. The number of benzene rings is 1. The van der Waals surface area contributed by atoms with Crippen LogP contribution in [-0.4, -0.2) is 19.3 Å². The largest absolute Gasteiger partial charge is 0.514 e. The van der Waals surface area contributed by atoms with Crippen molar-refractivity contribution in [1.82, 2.24) is 0 Å². The molecule has 2 rings (SSSR count). The van der Waals surface area contributed by atoms with Crippen LogP contribution in [0.2, 0.25) is 0 Å². The molecule has 18 heavy (non-hydrogen) atoms. The Hall–Kier alpha value is -1.59. The molecule has 0 radical (unpaired) electrons. The van der Waals surface area contributed by atoms with Crippen LogP contribution in [-0.2, 0) is 11.2 Å².